The molecule has 0 aromatic rings. The molecule has 6 nitrogen and oxygen atoms in total. The summed E-state index contributed by atoms with van der Waals surface area (Å²) >= 11 is 0. The van der Waals surface area contributed by atoms with Crippen molar-refractivity contribution in [2.75, 3.05) is 6.54 Å². The minimum absolute atomic E-state index is 0. The van der Waals surface area contributed by atoms with E-state index in [1.54, 1.807) is 0 Å². The number of nitrogens with two attached hydrogens (primary N) is 3. The van der Waals surface area contributed by atoms with E-state index in [1.807, 2.05) is 0 Å². The monoisotopic (exact) mass is 382 g/mol. The Labute approximate surface area is 96.7 Å². The van der Waals surface area contributed by atoms with Crippen LogP contribution >= 0.6 is 0 Å². The van der Waals surface area contributed by atoms with E-state index >= 15 is 0 Å². The van der Waals surface area contributed by atoms with Gasteiger partial charge in [0, 0.05) is 33.8 Å². The van der Waals surface area contributed by atoms with Gasteiger partial charge in [0.1, 0.15) is 6.04 Å². The zero-order chi connectivity index (χ0) is 9.56. The number of nitrogens with zero attached hydrogens (tertiary/aromatic N) is 1. The minimum atomic E-state index is -1.00. The van der Waals surface area contributed by atoms with Gasteiger partial charge in [-0.15, -0.1) is 0 Å². The third-order valence-corrected chi connectivity index (χ3v) is 1.28. The maximum absolute atomic E-state index is 10.2. The van der Waals surface area contributed by atoms with Crippen molar-refractivity contribution < 1.29 is 9.90 Å². The van der Waals surface area contributed by atoms with Crippen molar-refractivity contribution in [1.29, 1.82) is 0 Å². The molecule has 1 unspecified atom stereocenters. The fraction of sp³-hybridized carbons (Fsp3) is 0.667. The van der Waals surface area contributed by atoms with Crippen molar-refractivity contribution in [3.05, 3.63) is 0 Å². The summed E-state index contributed by atoms with van der Waals surface area (Å²) in [6.07, 6.45) is 0.956. The molecule has 0 aliphatic carbocycles. The van der Waals surface area contributed by atoms with E-state index < -0.39 is 12.0 Å². The van der Waals surface area contributed by atoms with Crippen molar-refractivity contribution >= 4 is 39.2 Å². The van der Waals surface area contributed by atoms with E-state index in [2.05, 4.69) is 4.99 Å². The summed E-state index contributed by atoms with van der Waals surface area (Å²) in [5.74, 6) is -0.987. The van der Waals surface area contributed by atoms with Crippen LogP contribution in [0, 0.1) is 0 Å². The molecule has 0 amide bonds. The van der Waals surface area contributed by atoms with E-state index in [4.69, 9.17) is 22.3 Å². The smallest absolute Gasteiger partial charge is 0.320 e. The molecule has 7 N–H and O–H groups in total. The molecule has 0 heterocycles. The van der Waals surface area contributed by atoms with Crippen LogP contribution in [-0.2, 0) is 4.79 Å². The largest absolute Gasteiger partial charge is 0.480 e. The SMILES string of the molecule is NC(N)=NCCCC(N)C(=O)O.[Pb]. The summed E-state index contributed by atoms with van der Waals surface area (Å²) in [5, 5.41) is 8.38. The van der Waals surface area contributed by atoms with Gasteiger partial charge < -0.3 is 22.3 Å². The van der Waals surface area contributed by atoms with Gasteiger partial charge in [0.05, 0.1) is 0 Å². The number of hydrogen-bond acceptors (Lipinski definition) is 3. The van der Waals surface area contributed by atoms with Gasteiger partial charge in [-0.3, -0.25) is 9.79 Å². The zero-order valence-electron chi connectivity index (χ0n) is 7.23. The minimum Gasteiger partial charge on any atom is -0.480 e. The van der Waals surface area contributed by atoms with Crippen molar-refractivity contribution in [1.82, 2.24) is 0 Å². The second kappa shape index (κ2) is 8.23. The van der Waals surface area contributed by atoms with E-state index in [0.29, 0.717) is 19.4 Å². The standard InChI is InChI=1S/C6H14N4O2.Pb/c7-4(5(11)12)2-1-3-10-6(8)9;/h4H,1-3,7H2,(H,11,12)(H4,8,9,10);. The van der Waals surface area contributed by atoms with E-state index in [0.717, 1.165) is 0 Å². The van der Waals surface area contributed by atoms with Crippen LogP contribution in [0.2, 0.25) is 0 Å². The van der Waals surface area contributed by atoms with Gasteiger partial charge in [-0.25, -0.2) is 0 Å². The zero-order valence-corrected chi connectivity index (χ0v) is 11.1. The van der Waals surface area contributed by atoms with Crippen LogP contribution in [0.1, 0.15) is 12.8 Å². The first-order valence-electron chi connectivity index (χ1n) is 3.58. The summed E-state index contributed by atoms with van der Waals surface area (Å²) in [4.78, 5) is 13.9. The van der Waals surface area contributed by atoms with Gasteiger partial charge in [0.2, 0.25) is 0 Å². The van der Waals surface area contributed by atoms with Crippen LogP contribution in [0.25, 0.3) is 0 Å². The summed E-state index contributed by atoms with van der Waals surface area (Å²) in [6, 6.07) is -0.820. The van der Waals surface area contributed by atoms with Crippen LogP contribution in [0.3, 0.4) is 0 Å². The molecule has 7 heteroatoms. The molecule has 0 bridgehead atoms. The van der Waals surface area contributed by atoms with Crippen LogP contribution in [-0.4, -0.2) is 56.9 Å². The first-order valence-corrected chi connectivity index (χ1v) is 3.58. The Morgan fingerprint density at radius 1 is 1.46 bits per heavy atom. The second-order valence-electron chi connectivity index (χ2n) is 2.39. The number of carboxylic acid groups (broad SMARTS) is 1. The number of aliphatic carboxylic acids is 1. The summed E-state index contributed by atoms with van der Waals surface area (Å²) < 4.78 is 0. The molecule has 13 heavy (non-hydrogen) atoms. The summed E-state index contributed by atoms with van der Waals surface area (Å²) in [7, 11) is 0. The Hall–Kier alpha value is -0.378. The van der Waals surface area contributed by atoms with Crippen LogP contribution in [0.5, 0.6) is 0 Å². The molecule has 0 spiro atoms. The Kier molecular flexibility index (Phi) is 9.57. The number of rotatable bonds is 5. The molecule has 4 radical (unpaired) electrons. The normalized spacial score (nSPS) is 11.2. The Balaban J connectivity index is 0. The summed E-state index contributed by atoms with van der Waals surface area (Å²) in [6.45, 7) is 0.420. The predicted molar refractivity (Wildman–Crippen MR) is 51.3 cm³/mol. The number of guanidine groups is 1. The molecule has 0 fully saturated rings. The third-order valence-electron chi connectivity index (χ3n) is 1.28. The van der Waals surface area contributed by atoms with Gasteiger partial charge in [-0.1, -0.05) is 0 Å². The van der Waals surface area contributed by atoms with Crippen molar-refractivity contribution in [3.8, 4) is 0 Å². The van der Waals surface area contributed by atoms with Crippen LogP contribution in [0.15, 0.2) is 4.99 Å². The number of carboxylic acids is 1. The molecule has 0 aromatic carbocycles. The molecule has 0 aliphatic heterocycles. The van der Waals surface area contributed by atoms with Gasteiger partial charge >= 0.3 is 5.97 Å². The van der Waals surface area contributed by atoms with Crippen LogP contribution < -0.4 is 17.2 Å². The van der Waals surface area contributed by atoms with Gasteiger partial charge in [-0.2, -0.15) is 0 Å². The predicted octanol–water partition coefficient (Wildman–Crippen LogP) is -1.93. The average molecular weight is 381 g/mol. The maximum Gasteiger partial charge on any atom is 0.320 e. The second-order valence-corrected chi connectivity index (χ2v) is 2.39. The molecular formula is C6H14N4O2Pb. The van der Waals surface area contributed by atoms with E-state index in [9.17, 15) is 4.79 Å². The number of hydrogen-bond donors (Lipinski definition) is 4. The fourth-order valence-electron chi connectivity index (χ4n) is 0.643. The molecule has 1 atom stereocenters. The first kappa shape index (κ1) is 15.1. The average Bonchev–Trinajstić information content (AvgIpc) is 1.97. The number of carbonyl (C=O) groups is 1. The van der Waals surface area contributed by atoms with E-state index in [-0.39, 0.29) is 33.3 Å². The van der Waals surface area contributed by atoms with E-state index in [1.165, 1.54) is 0 Å². The Bertz CT molecular complexity index is 181. The topological polar surface area (TPSA) is 128 Å². The van der Waals surface area contributed by atoms with Crippen LogP contribution in [0.4, 0.5) is 0 Å². The van der Waals surface area contributed by atoms with Crippen molar-refractivity contribution in [2.45, 2.75) is 18.9 Å². The molecular weight excluding hydrogens is 367 g/mol. The van der Waals surface area contributed by atoms with Gasteiger partial charge in [-0.05, 0) is 12.8 Å². The molecule has 0 saturated heterocycles. The Morgan fingerprint density at radius 3 is 2.38 bits per heavy atom. The Morgan fingerprint density at radius 2 is 2.00 bits per heavy atom. The van der Waals surface area contributed by atoms with Gasteiger partial charge in [0.25, 0.3) is 0 Å². The molecule has 0 saturated carbocycles. The first-order chi connectivity index (χ1) is 5.54. The molecule has 0 rings (SSSR count). The maximum atomic E-state index is 10.2. The third kappa shape index (κ3) is 9.54. The number of aliphatic imine (C=N–C) groups is 1. The molecule has 0 aromatic heterocycles. The van der Waals surface area contributed by atoms with Crippen molar-refractivity contribution in [2.24, 2.45) is 22.2 Å². The molecule has 74 valence electrons. The van der Waals surface area contributed by atoms with Gasteiger partial charge in [0.15, 0.2) is 5.96 Å². The fourth-order valence-corrected chi connectivity index (χ4v) is 0.643. The molecule has 0 aliphatic rings. The van der Waals surface area contributed by atoms with Crippen molar-refractivity contribution in [3.63, 3.8) is 0 Å². The summed E-state index contributed by atoms with van der Waals surface area (Å²) in [5.41, 5.74) is 15.3. The quantitative estimate of drug-likeness (QED) is 0.191.